The quantitative estimate of drug-likeness (QED) is 0.890. The van der Waals surface area contributed by atoms with Crippen LogP contribution >= 0.6 is 11.6 Å². The first-order valence-corrected chi connectivity index (χ1v) is 6.11. The first-order valence-electron chi connectivity index (χ1n) is 5.73. The van der Waals surface area contributed by atoms with Crippen molar-refractivity contribution < 1.29 is 4.39 Å². The van der Waals surface area contributed by atoms with Gasteiger partial charge in [-0.3, -0.25) is 4.68 Å². The van der Waals surface area contributed by atoms with Crippen LogP contribution in [-0.2, 0) is 12.2 Å². The summed E-state index contributed by atoms with van der Waals surface area (Å²) in [7, 11) is 3.94. The van der Waals surface area contributed by atoms with Gasteiger partial charge in [-0.2, -0.15) is 5.10 Å². The van der Waals surface area contributed by atoms with Gasteiger partial charge in [0.1, 0.15) is 0 Å². The number of halogens is 2. The molecule has 0 saturated heterocycles. The molecule has 17 heavy (non-hydrogen) atoms. The molecule has 2 rings (SSSR count). The van der Waals surface area contributed by atoms with Gasteiger partial charge in [-0.15, -0.1) is 0 Å². The van der Waals surface area contributed by atoms with E-state index < -0.39 is 5.67 Å². The lowest BCUT2D eigenvalue weighted by Crippen LogP contribution is -2.47. The molecule has 0 bridgehead atoms. The van der Waals surface area contributed by atoms with Gasteiger partial charge >= 0.3 is 0 Å². The molecule has 0 atom stereocenters. The number of nitrogens with two attached hydrogens (primary N) is 1. The third-order valence-electron chi connectivity index (χ3n) is 3.15. The van der Waals surface area contributed by atoms with Crippen molar-refractivity contribution in [2.24, 2.45) is 5.73 Å². The van der Waals surface area contributed by atoms with Crippen LogP contribution in [-0.4, -0.2) is 41.4 Å². The van der Waals surface area contributed by atoms with Crippen LogP contribution < -0.4 is 5.73 Å². The van der Waals surface area contributed by atoms with Gasteiger partial charge in [-0.05, 0) is 14.1 Å². The number of aromatic nitrogens is 2. The summed E-state index contributed by atoms with van der Waals surface area (Å²) in [6, 6.07) is -0.0618. The maximum absolute atomic E-state index is 14.5. The summed E-state index contributed by atoms with van der Waals surface area (Å²) in [5.74, 6) is 0. The van der Waals surface area contributed by atoms with Crippen molar-refractivity contribution in [3.05, 3.63) is 16.9 Å². The van der Waals surface area contributed by atoms with Crippen LogP contribution in [0.5, 0.6) is 0 Å². The van der Waals surface area contributed by atoms with Crippen molar-refractivity contribution in [1.29, 1.82) is 0 Å². The summed E-state index contributed by atoms with van der Waals surface area (Å²) < 4.78 is 16.2. The Hall–Kier alpha value is -0.650. The van der Waals surface area contributed by atoms with E-state index in [4.69, 9.17) is 17.3 Å². The monoisotopic (exact) mass is 260 g/mol. The van der Waals surface area contributed by atoms with Gasteiger partial charge < -0.3 is 10.6 Å². The SMILES string of the molecule is CN(C)CCn1ncc(Cl)c1C1(F)CC(N)C1. The molecule has 1 fully saturated rings. The minimum atomic E-state index is -1.39. The lowest BCUT2D eigenvalue weighted by molar-refractivity contribution is 0.0308. The zero-order valence-corrected chi connectivity index (χ0v) is 10.9. The summed E-state index contributed by atoms with van der Waals surface area (Å²) >= 11 is 6.03. The molecule has 1 saturated carbocycles. The topological polar surface area (TPSA) is 47.1 Å². The van der Waals surface area contributed by atoms with E-state index in [-0.39, 0.29) is 6.04 Å². The normalized spacial score (nSPS) is 28.5. The van der Waals surface area contributed by atoms with Crippen LogP contribution in [0.2, 0.25) is 5.02 Å². The minimum absolute atomic E-state index is 0.0618. The Morgan fingerprint density at radius 1 is 1.65 bits per heavy atom. The van der Waals surface area contributed by atoms with Crippen LogP contribution in [0.4, 0.5) is 4.39 Å². The third-order valence-corrected chi connectivity index (χ3v) is 3.43. The zero-order chi connectivity index (χ0) is 12.6. The highest BCUT2D eigenvalue weighted by atomic mass is 35.5. The van der Waals surface area contributed by atoms with Crippen molar-refractivity contribution in [3.8, 4) is 0 Å². The van der Waals surface area contributed by atoms with E-state index in [1.54, 1.807) is 4.68 Å². The second-order valence-corrected chi connectivity index (χ2v) is 5.41. The molecule has 1 heterocycles. The van der Waals surface area contributed by atoms with E-state index in [1.165, 1.54) is 6.20 Å². The second-order valence-electron chi connectivity index (χ2n) is 5.00. The van der Waals surface area contributed by atoms with Gasteiger partial charge in [-0.25, -0.2) is 4.39 Å². The smallest absolute Gasteiger partial charge is 0.156 e. The molecule has 0 spiro atoms. The van der Waals surface area contributed by atoms with Gasteiger partial charge in [-0.1, -0.05) is 11.6 Å². The molecule has 0 aliphatic heterocycles. The highest BCUT2D eigenvalue weighted by Crippen LogP contribution is 2.46. The van der Waals surface area contributed by atoms with Gasteiger partial charge in [0.05, 0.1) is 23.5 Å². The third kappa shape index (κ3) is 2.46. The van der Waals surface area contributed by atoms with Gasteiger partial charge in [0.2, 0.25) is 0 Å². The zero-order valence-electron chi connectivity index (χ0n) is 10.2. The molecule has 1 aromatic rings. The first kappa shape index (κ1) is 12.8. The van der Waals surface area contributed by atoms with E-state index in [1.807, 2.05) is 19.0 Å². The predicted octanol–water partition coefficient (Wildman–Crippen LogP) is 1.38. The first-order chi connectivity index (χ1) is 7.92. The number of rotatable bonds is 4. The number of hydrogen-bond acceptors (Lipinski definition) is 3. The summed E-state index contributed by atoms with van der Waals surface area (Å²) in [6.45, 7) is 1.43. The Balaban J connectivity index is 2.18. The standard InChI is InChI=1S/C11H18ClFN4/c1-16(2)3-4-17-10(9(12)7-15-17)11(13)5-8(14)6-11/h7-8H,3-6,14H2,1-2H3. The average molecular weight is 261 g/mol. The molecule has 1 aromatic heterocycles. The van der Waals surface area contributed by atoms with E-state index in [9.17, 15) is 4.39 Å². The Labute approximate surface area is 106 Å². The number of alkyl halides is 1. The number of nitrogens with zero attached hydrogens (tertiary/aromatic N) is 3. The van der Waals surface area contributed by atoms with Crippen molar-refractivity contribution in [2.75, 3.05) is 20.6 Å². The largest absolute Gasteiger partial charge is 0.327 e. The van der Waals surface area contributed by atoms with Crippen molar-refractivity contribution in [1.82, 2.24) is 14.7 Å². The van der Waals surface area contributed by atoms with Crippen LogP contribution in [0.15, 0.2) is 6.20 Å². The Bertz CT molecular complexity index is 398. The van der Waals surface area contributed by atoms with Crippen LogP contribution in [0.25, 0.3) is 0 Å². The molecule has 0 radical (unpaired) electrons. The molecular weight excluding hydrogens is 243 g/mol. The Morgan fingerprint density at radius 3 is 2.82 bits per heavy atom. The molecule has 6 heteroatoms. The lowest BCUT2D eigenvalue weighted by atomic mass is 9.75. The maximum Gasteiger partial charge on any atom is 0.156 e. The predicted molar refractivity (Wildman–Crippen MR) is 65.8 cm³/mol. The van der Waals surface area contributed by atoms with Gasteiger partial charge in [0.25, 0.3) is 0 Å². The summed E-state index contributed by atoms with van der Waals surface area (Å²) in [6.07, 6.45) is 2.18. The van der Waals surface area contributed by atoms with Gasteiger partial charge in [0, 0.05) is 25.4 Å². The molecule has 0 amide bonds. The fourth-order valence-electron chi connectivity index (χ4n) is 2.24. The van der Waals surface area contributed by atoms with E-state index in [2.05, 4.69) is 5.10 Å². The second kappa shape index (κ2) is 4.55. The maximum atomic E-state index is 14.5. The summed E-state index contributed by atoms with van der Waals surface area (Å²) in [5.41, 5.74) is 4.76. The summed E-state index contributed by atoms with van der Waals surface area (Å²) in [4.78, 5) is 2.02. The van der Waals surface area contributed by atoms with E-state index >= 15 is 0 Å². The fraction of sp³-hybridized carbons (Fsp3) is 0.727. The molecule has 4 nitrogen and oxygen atoms in total. The van der Waals surface area contributed by atoms with Crippen LogP contribution in [0, 0.1) is 0 Å². The van der Waals surface area contributed by atoms with Crippen LogP contribution in [0.1, 0.15) is 18.5 Å². The molecule has 2 N–H and O–H groups in total. The fourth-order valence-corrected chi connectivity index (χ4v) is 2.55. The Morgan fingerprint density at radius 2 is 2.29 bits per heavy atom. The molecule has 0 aromatic carbocycles. The summed E-state index contributed by atoms with van der Waals surface area (Å²) in [5, 5.41) is 4.54. The molecular formula is C11H18ClFN4. The van der Waals surface area contributed by atoms with Crippen LogP contribution in [0.3, 0.4) is 0 Å². The number of likely N-dealkylation sites (N-methyl/N-ethyl adjacent to an activating group) is 1. The van der Waals surface area contributed by atoms with Gasteiger partial charge in [0.15, 0.2) is 5.67 Å². The minimum Gasteiger partial charge on any atom is -0.327 e. The molecule has 96 valence electrons. The lowest BCUT2D eigenvalue weighted by Gasteiger charge is -2.39. The van der Waals surface area contributed by atoms with E-state index in [0.717, 1.165) is 6.54 Å². The van der Waals surface area contributed by atoms with Crippen molar-refractivity contribution >= 4 is 11.6 Å². The Kier molecular flexibility index (Phi) is 3.43. The van der Waals surface area contributed by atoms with Crippen molar-refractivity contribution in [3.63, 3.8) is 0 Å². The van der Waals surface area contributed by atoms with E-state index in [0.29, 0.717) is 30.1 Å². The highest BCUT2D eigenvalue weighted by Gasteiger charge is 2.48. The highest BCUT2D eigenvalue weighted by molar-refractivity contribution is 6.31. The molecule has 1 aliphatic carbocycles. The molecule has 0 unspecified atom stereocenters. The average Bonchev–Trinajstić information content (AvgIpc) is 2.55. The number of hydrogen-bond donors (Lipinski definition) is 1. The van der Waals surface area contributed by atoms with Crippen molar-refractivity contribution in [2.45, 2.75) is 31.1 Å². The molecule has 1 aliphatic rings.